The zero-order chi connectivity index (χ0) is 25.1. The van der Waals surface area contributed by atoms with Gasteiger partial charge in [0.1, 0.15) is 17.0 Å². The average Bonchev–Trinajstić information content (AvgIpc) is 2.86. The van der Waals surface area contributed by atoms with Gasteiger partial charge in [0, 0.05) is 17.1 Å². The van der Waals surface area contributed by atoms with Crippen LogP contribution >= 0.6 is 11.6 Å². The van der Waals surface area contributed by atoms with Gasteiger partial charge in [0.15, 0.2) is 5.75 Å². The summed E-state index contributed by atoms with van der Waals surface area (Å²) >= 11 is 5.99. The van der Waals surface area contributed by atoms with E-state index in [9.17, 15) is 14.4 Å². The summed E-state index contributed by atoms with van der Waals surface area (Å²) in [7, 11) is 4.21. The molecule has 0 saturated heterocycles. The van der Waals surface area contributed by atoms with Crippen LogP contribution in [0.5, 0.6) is 17.4 Å². The van der Waals surface area contributed by atoms with Crippen molar-refractivity contribution in [3.05, 3.63) is 85.5 Å². The summed E-state index contributed by atoms with van der Waals surface area (Å²) in [6, 6.07) is 12.9. The summed E-state index contributed by atoms with van der Waals surface area (Å²) in [5.41, 5.74) is -0.262. The first-order chi connectivity index (χ1) is 16.9. The fourth-order valence-corrected chi connectivity index (χ4v) is 3.80. The molecular weight excluding hydrogens is 476 g/mol. The Balaban J connectivity index is 1.76. The van der Waals surface area contributed by atoms with Gasteiger partial charge in [-0.2, -0.15) is 4.98 Å². The highest BCUT2D eigenvalue weighted by molar-refractivity contribution is 6.30. The minimum atomic E-state index is -0.749. The van der Waals surface area contributed by atoms with Gasteiger partial charge in [-0.1, -0.05) is 23.7 Å². The molecule has 0 fully saturated rings. The Morgan fingerprint density at radius 2 is 1.80 bits per heavy atom. The number of nitrogens with zero attached hydrogens (tertiary/aromatic N) is 2. The number of carbonyl (C=O) groups excluding carboxylic acids is 1. The number of rotatable bonds is 7. The first kappa shape index (κ1) is 23.8. The molecule has 0 aliphatic carbocycles. The minimum Gasteiger partial charge on any atom is -0.496 e. The van der Waals surface area contributed by atoms with Crippen LogP contribution in [-0.2, 0) is 6.54 Å². The Bertz CT molecular complexity index is 1550. The van der Waals surface area contributed by atoms with E-state index in [1.54, 1.807) is 18.2 Å². The van der Waals surface area contributed by atoms with Gasteiger partial charge in [-0.05, 0) is 42.0 Å². The number of H-pyrrole nitrogens is 1. The molecule has 2 aromatic heterocycles. The SMILES string of the molecule is COc1ccc(-n2c(=O)[nH]c3cc(C(=O)NCc4cccc(Cl)c4)cc(OC)c3c2=O)nc1OC. The molecule has 10 nitrogen and oxygen atoms in total. The number of pyridine rings is 1. The number of methoxy groups -OCH3 is 3. The average molecular weight is 497 g/mol. The van der Waals surface area contributed by atoms with E-state index in [-0.39, 0.29) is 40.5 Å². The molecule has 11 heteroatoms. The standard InChI is InChI=1S/C24H21ClN4O6/c1-33-17-7-8-19(28-22(17)35-3)29-23(31)20-16(27-24(29)32)10-14(11-18(20)34-2)21(30)26-12-13-5-4-6-15(25)9-13/h4-11H,12H2,1-3H3,(H,26,30)(H,27,32). The molecular formula is C24H21ClN4O6. The van der Waals surface area contributed by atoms with Crippen molar-refractivity contribution >= 4 is 28.4 Å². The van der Waals surface area contributed by atoms with E-state index in [1.165, 1.54) is 45.6 Å². The maximum Gasteiger partial charge on any atom is 0.334 e. The second-order valence-corrected chi connectivity index (χ2v) is 7.80. The van der Waals surface area contributed by atoms with E-state index >= 15 is 0 Å². The van der Waals surface area contributed by atoms with Crippen LogP contribution in [0, 0.1) is 0 Å². The van der Waals surface area contributed by atoms with Crippen LogP contribution < -0.4 is 30.8 Å². The third-order valence-electron chi connectivity index (χ3n) is 5.24. The zero-order valence-electron chi connectivity index (χ0n) is 19.0. The largest absolute Gasteiger partial charge is 0.496 e. The second-order valence-electron chi connectivity index (χ2n) is 7.37. The van der Waals surface area contributed by atoms with Crippen molar-refractivity contribution in [1.29, 1.82) is 0 Å². The van der Waals surface area contributed by atoms with Gasteiger partial charge >= 0.3 is 5.69 Å². The van der Waals surface area contributed by atoms with E-state index in [0.29, 0.717) is 10.8 Å². The van der Waals surface area contributed by atoms with Crippen LogP contribution in [0.25, 0.3) is 16.7 Å². The summed E-state index contributed by atoms with van der Waals surface area (Å²) in [5.74, 6) is 0.173. The number of aromatic amines is 1. The number of hydrogen-bond donors (Lipinski definition) is 2. The Hall–Kier alpha value is -4.31. The van der Waals surface area contributed by atoms with Gasteiger partial charge in [-0.3, -0.25) is 9.59 Å². The van der Waals surface area contributed by atoms with Crippen LogP contribution in [0.4, 0.5) is 0 Å². The van der Waals surface area contributed by atoms with Gasteiger partial charge in [0.05, 0.1) is 26.8 Å². The molecule has 1 amide bonds. The molecule has 0 aliphatic heterocycles. The van der Waals surface area contributed by atoms with Crippen molar-refractivity contribution in [2.24, 2.45) is 0 Å². The second kappa shape index (κ2) is 9.90. The summed E-state index contributed by atoms with van der Waals surface area (Å²) in [6.07, 6.45) is 0. The molecule has 0 spiro atoms. The van der Waals surface area contributed by atoms with Crippen LogP contribution in [-0.4, -0.2) is 41.8 Å². The molecule has 0 atom stereocenters. The monoisotopic (exact) mass is 496 g/mol. The molecule has 0 bridgehead atoms. The number of fused-ring (bicyclic) bond motifs is 1. The van der Waals surface area contributed by atoms with Crippen LogP contribution in [0.1, 0.15) is 15.9 Å². The molecule has 0 unspecified atom stereocenters. The normalized spacial score (nSPS) is 10.7. The molecule has 4 aromatic rings. The fourth-order valence-electron chi connectivity index (χ4n) is 3.59. The van der Waals surface area contributed by atoms with Crippen LogP contribution in [0.3, 0.4) is 0 Å². The number of aromatic nitrogens is 3. The van der Waals surface area contributed by atoms with E-state index < -0.39 is 17.2 Å². The lowest BCUT2D eigenvalue weighted by Crippen LogP contribution is -2.34. The van der Waals surface area contributed by atoms with Crippen molar-refractivity contribution in [3.8, 4) is 23.2 Å². The summed E-state index contributed by atoms with van der Waals surface area (Å²) in [4.78, 5) is 45.8. The molecule has 180 valence electrons. The van der Waals surface area contributed by atoms with Gasteiger partial charge in [-0.25, -0.2) is 9.36 Å². The van der Waals surface area contributed by atoms with Gasteiger partial charge in [-0.15, -0.1) is 0 Å². The first-order valence-corrected chi connectivity index (χ1v) is 10.7. The van der Waals surface area contributed by atoms with Crippen molar-refractivity contribution in [2.45, 2.75) is 6.54 Å². The topological polar surface area (TPSA) is 125 Å². The maximum atomic E-state index is 13.3. The van der Waals surface area contributed by atoms with Crippen molar-refractivity contribution < 1.29 is 19.0 Å². The van der Waals surface area contributed by atoms with Crippen LogP contribution in [0.15, 0.2) is 58.1 Å². The predicted octanol–water partition coefficient (Wildman–Crippen LogP) is 2.68. The minimum absolute atomic E-state index is 0.0289. The highest BCUT2D eigenvalue weighted by Gasteiger charge is 2.19. The third kappa shape index (κ3) is 4.69. The Morgan fingerprint density at radius 3 is 2.49 bits per heavy atom. The number of carbonyl (C=O) groups is 1. The number of hydrogen-bond acceptors (Lipinski definition) is 7. The summed E-state index contributed by atoms with van der Waals surface area (Å²) in [5, 5.41) is 3.42. The molecule has 4 rings (SSSR count). The van der Waals surface area contributed by atoms with E-state index in [4.69, 9.17) is 25.8 Å². The van der Waals surface area contributed by atoms with Gasteiger partial charge < -0.3 is 24.5 Å². The number of nitrogens with one attached hydrogen (secondary N) is 2. The highest BCUT2D eigenvalue weighted by Crippen LogP contribution is 2.26. The Labute approximate surface area is 204 Å². The zero-order valence-corrected chi connectivity index (χ0v) is 19.8. The van der Waals surface area contributed by atoms with Crippen molar-refractivity contribution in [2.75, 3.05) is 21.3 Å². The third-order valence-corrected chi connectivity index (χ3v) is 5.48. The van der Waals surface area contributed by atoms with Crippen molar-refractivity contribution in [3.63, 3.8) is 0 Å². The number of halogens is 1. The number of amides is 1. The molecule has 35 heavy (non-hydrogen) atoms. The number of benzene rings is 2. The predicted molar refractivity (Wildman–Crippen MR) is 130 cm³/mol. The smallest absolute Gasteiger partial charge is 0.334 e. The fraction of sp³-hybridized carbons (Fsp3) is 0.167. The molecule has 2 heterocycles. The lowest BCUT2D eigenvalue weighted by Gasteiger charge is -2.12. The van der Waals surface area contributed by atoms with Gasteiger partial charge in [0.25, 0.3) is 17.3 Å². The van der Waals surface area contributed by atoms with Crippen molar-refractivity contribution in [1.82, 2.24) is 19.9 Å². The summed E-state index contributed by atoms with van der Waals surface area (Å²) < 4.78 is 16.6. The molecule has 0 aliphatic rings. The quantitative estimate of drug-likeness (QED) is 0.403. The lowest BCUT2D eigenvalue weighted by atomic mass is 10.1. The summed E-state index contributed by atoms with van der Waals surface area (Å²) in [6.45, 7) is 0.239. The Morgan fingerprint density at radius 1 is 1.03 bits per heavy atom. The molecule has 2 aromatic carbocycles. The van der Waals surface area contributed by atoms with Crippen LogP contribution in [0.2, 0.25) is 5.02 Å². The Kier molecular flexibility index (Phi) is 6.74. The number of ether oxygens (including phenoxy) is 3. The molecule has 0 saturated carbocycles. The molecule has 0 radical (unpaired) electrons. The maximum absolute atomic E-state index is 13.3. The van der Waals surface area contributed by atoms with E-state index in [2.05, 4.69) is 15.3 Å². The van der Waals surface area contributed by atoms with E-state index in [0.717, 1.165) is 10.1 Å². The first-order valence-electron chi connectivity index (χ1n) is 10.4. The molecule has 2 N–H and O–H groups in total. The highest BCUT2D eigenvalue weighted by atomic mass is 35.5. The van der Waals surface area contributed by atoms with Gasteiger partial charge in [0.2, 0.25) is 0 Å². The van der Waals surface area contributed by atoms with E-state index in [1.807, 2.05) is 6.07 Å². The lowest BCUT2D eigenvalue weighted by molar-refractivity contribution is 0.0950.